The Morgan fingerprint density at radius 1 is 1.05 bits per heavy atom. The van der Waals surface area contributed by atoms with Gasteiger partial charge in [-0.3, -0.25) is 4.90 Å². The van der Waals surface area contributed by atoms with Gasteiger partial charge in [0.05, 0.1) is 0 Å². The number of fused-ring (bicyclic) bond motifs is 1. The molecule has 0 bridgehead atoms. The van der Waals surface area contributed by atoms with Gasteiger partial charge in [-0.1, -0.05) is 31.9 Å². The lowest BCUT2D eigenvalue weighted by Crippen LogP contribution is -2.42. The summed E-state index contributed by atoms with van der Waals surface area (Å²) in [6.45, 7) is 9.91. The first-order chi connectivity index (χ1) is 9.85. The van der Waals surface area contributed by atoms with E-state index >= 15 is 0 Å². The average Bonchev–Trinajstić information content (AvgIpc) is 2.98. The monoisotopic (exact) mass is 296 g/mol. The molecule has 0 aromatic heterocycles. The lowest BCUT2D eigenvalue weighted by molar-refractivity contribution is 0.173. The van der Waals surface area contributed by atoms with Gasteiger partial charge in [0.15, 0.2) is 11.5 Å². The third-order valence-corrected chi connectivity index (χ3v) is 4.31. The molecular weight excluding hydrogens is 272 g/mol. The number of rotatable bonds is 3. The summed E-state index contributed by atoms with van der Waals surface area (Å²) in [6, 6.07) is 6.24. The molecule has 3 rings (SSSR count). The van der Waals surface area contributed by atoms with Gasteiger partial charge in [-0.15, -0.1) is 0 Å². The highest BCUT2D eigenvalue weighted by Gasteiger charge is 2.18. The zero-order chi connectivity index (χ0) is 14.4. The van der Waals surface area contributed by atoms with E-state index in [0.717, 1.165) is 44.2 Å². The maximum Gasteiger partial charge on any atom is 0.231 e. The molecule has 112 valence electrons. The van der Waals surface area contributed by atoms with E-state index in [1.54, 1.807) is 0 Å². The fourth-order valence-corrected chi connectivity index (χ4v) is 2.90. The Morgan fingerprint density at radius 2 is 1.75 bits per heavy atom. The average molecular weight is 296 g/mol. The van der Waals surface area contributed by atoms with E-state index in [1.807, 2.05) is 31.9 Å². The molecule has 2 aliphatic rings. The van der Waals surface area contributed by atoms with Gasteiger partial charge in [0.2, 0.25) is 6.79 Å². The molecule has 0 radical (unpaired) electrons. The first kappa shape index (κ1) is 15.5. The summed E-state index contributed by atoms with van der Waals surface area (Å²) in [6.07, 6.45) is 2.15. The zero-order valence-electron chi connectivity index (χ0n) is 12.6. The van der Waals surface area contributed by atoms with Crippen LogP contribution < -0.4 is 9.47 Å². The second-order valence-corrected chi connectivity index (χ2v) is 5.46. The predicted molar refractivity (Wildman–Crippen MR) is 84.3 cm³/mol. The predicted octanol–water partition coefficient (Wildman–Crippen LogP) is 2.84. The Hall–Kier alpha value is -0.910. The Kier molecular flexibility index (Phi) is 6.01. The van der Waals surface area contributed by atoms with Crippen LogP contribution in [0.5, 0.6) is 11.5 Å². The quantitative estimate of drug-likeness (QED) is 0.799. The van der Waals surface area contributed by atoms with Crippen molar-refractivity contribution in [3.63, 3.8) is 0 Å². The fraction of sp³-hybridized carbons (Fsp3) is 0.600. The smallest absolute Gasteiger partial charge is 0.231 e. The van der Waals surface area contributed by atoms with Crippen molar-refractivity contribution in [2.45, 2.75) is 20.4 Å². The van der Waals surface area contributed by atoms with Gasteiger partial charge in [-0.2, -0.15) is 0 Å². The second-order valence-electron chi connectivity index (χ2n) is 4.58. The van der Waals surface area contributed by atoms with Crippen LogP contribution in [-0.2, 0) is 6.54 Å². The number of nitrogens with zero attached hydrogens (tertiary/aromatic N) is 2. The molecule has 2 heterocycles. The number of benzene rings is 1. The Morgan fingerprint density at radius 3 is 2.45 bits per heavy atom. The summed E-state index contributed by atoms with van der Waals surface area (Å²) >= 11 is 1.84. The second kappa shape index (κ2) is 7.76. The van der Waals surface area contributed by atoms with Gasteiger partial charge in [0.25, 0.3) is 0 Å². The van der Waals surface area contributed by atoms with E-state index in [-0.39, 0.29) is 0 Å². The highest BCUT2D eigenvalue weighted by Crippen LogP contribution is 2.32. The van der Waals surface area contributed by atoms with E-state index < -0.39 is 0 Å². The molecule has 1 aromatic carbocycles. The third-order valence-electron chi connectivity index (χ3n) is 3.43. The molecule has 0 aliphatic carbocycles. The molecular formula is C15H24N2O2S. The minimum absolute atomic E-state index is 0.352. The van der Waals surface area contributed by atoms with Crippen molar-refractivity contribution in [2.75, 3.05) is 39.2 Å². The zero-order valence-corrected chi connectivity index (χ0v) is 13.4. The molecule has 1 fully saturated rings. The van der Waals surface area contributed by atoms with Crippen molar-refractivity contribution in [1.29, 1.82) is 0 Å². The van der Waals surface area contributed by atoms with Crippen LogP contribution in [0.3, 0.4) is 0 Å². The Balaban J connectivity index is 0.000000704. The molecule has 5 heteroatoms. The molecule has 0 atom stereocenters. The molecule has 0 spiro atoms. The van der Waals surface area contributed by atoms with E-state index in [4.69, 9.17) is 9.47 Å². The minimum atomic E-state index is 0.352. The topological polar surface area (TPSA) is 24.9 Å². The van der Waals surface area contributed by atoms with Crippen molar-refractivity contribution in [3.8, 4) is 11.5 Å². The molecule has 4 nitrogen and oxygen atoms in total. The van der Waals surface area contributed by atoms with Gasteiger partial charge in [-0.25, -0.2) is 4.31 Å². The number of hydrogen-bond donors (Lipinski definition) is 0. The van der Waals surface area contributed by atoms with Crippen molar-refractivity contribution in [1.82, 2.24) is 9.21 Å². The molecule has 1 aromatic rings. The van der Waals surface area contributed by atoms with Gasteiger partial charge in [-0.05, 0) is 24.0 Å². The van der Waals surface area contributed by atoms with Gasteiger partial charge < -0.3 is 9.47 Å². The first-order valence-electron chi connectivity index (χ1n) is 7.25. The van der Waals surface area contributed by atoms with Crippen LogP contribution in [0.1, 0.15) is 19.4 Å². The SMILES string of the molecule is CC.CSN1CCN(Cc2ccc3c(c2)OCO3)CC1. The summed E-state index contributed by atoms with van der Waals surface area (Å²) in [5.41, 5.74) is 1.30. The number of piperazine rings is 1. The van der Waals surface area contributed by atoms with Crippen molar-refractivity contribution in [2.24, 2.45) is 0 Å². The summed E-state index contributed by atoms with van der Waals surface area (Å²) < 4.78 is 13.2. The first-order valence-corrected chi connectivity index (χ1v) is 8.43. The Labute approximate surface area is 126 Å². The molecule has 0 saturated carbocycles. The summed E-state index contributed by atoms with van der Waals surface area (Å²) in [7, 11) is 0. The van der Waals surface area contributed by atoms with Gasteiger partial charge >= 0.3 is 0 Å². The van der Waals surface area contributed by atoms with Gasteiger partial charge in [0, 0.05) is 32.7 Å². The van der Waals surface area contributed by atoms with E-state index in [0.29, 0.717) is 6.79 Å². The highest BCUT2D eigenvalue weighted by atomic mass is 32.2. The van der Waals surface area contributed by atoms with E-state index in [2.05, 4.69) is 27.6 Å². The van der Waals surface area contributed by atoms with Crippen molar-refractivity contribution >= 4 is 11.9 Å². The largest absolute Gasteiger partial charge is 0.454 e. The lowest BCUT2D eigenvalue weighted by atomic mass is 10.2. The van der Waals surface area contributed by atoms with E-state index in [1.165, 1.54) is 5.56 Å². The van der Waals surface area contributed by atoms with Crippen LogP contribution in [0.2, 0.25) is 0 Å². The number of ether oxygens (including phenoxy) is 2. The lowest BCUT2D eigenvalue weighted by Gasteiger charge is -2.33. The molecule has 1 saturated heterocycles. The fourth-order valence-electron chi connectivity index (χ4n) is 2.37. The van der Waals surface area contributed by atoms with Crippen LogP contribution in [-0.4, -0.2) is 48.4 Å². The normalized spacial score (nSPS) is 18.6. The van der Waals surface area contributed by atoms with Crippen molar-refractivity contribution in [3.05, 3.63) is 23.8 Å². The molecule has 0 amide bonds. The summed E-state index contributed by atoms with van der Waals surface area (Å²) in [5, 5.41) is 0. The van der Waals surface area contributed by atoms with Crippen LogP contribution >= 0.6 is 11.9 Å². The molecule has 0 N–H and O–H groups in total. The van der Waals surface area contributed by atoms with E-state index in [9.17, 15) is 0 Å². The van der Waals surface area contributed by atoms with Gasteiger partial charge in [0.1, 0.15) is 0 Å². The third kappa shape index (κ3) is 3.81. The number of hydrogen-bond acceptors (Lipinski definition) is 5. The maximum atomic E-state index is 5.41. The van der Waals surface area contributed by atoms with Crippen molar-refractivity contribution < 1.29 is 9.47 Å². The minimum Gasteiger partial charge on any atom is -0.454 e. The Bertz CT molecular complexity index is 420. The summed E-state index contributed by atoms with van der Waals surface area (Å²) in [5.74, 6) is 1.75. The van der Waals surface area contributed by atoms with Crippen LogP contribution in [0.4, 0.5) is 0 Å². The van der Waals surface area contributed by atoms with Crippen LogP contribution in [0.15, 0.2) is 18.2 Å². The maximum absolute atomic E-state index is 5.41. The molecule has 20 heavy (non-hydrogen) atoms. The molecule has 0 unspecified atom stereocenters. The highest BCUT2D eigenvalue weighted by molar-refractivity contribution is 7.96. The van der Waals surface area contributed by atoms with Crippen LogP contribution in [0.25, 0.3) is 0 Å². The van der Waals surface area contributed by atoms with Crippen LogP contribution in [0, 0.1) is 0 Å². The molecule has 2 aliphatic heterocycles. The standard InChI is InChI=1S/C13H18N2O2S.C2H6/c1-18-15-6-4-14(5-7-15)9-11-2-3-12-13(8-11)17-10-16-12;1-2/h2-3,8H,4-7,9-10H2,1H3;1-2H3. The summed E-state index contributed by atoms with van der Waals surface area (Å²) in [4.78, 5) is 2.49.